The predicted molar refractivity (Wildman–Crippen MR) is 149 cm³/mol. The van der Waals surface area contributed by atoms with E-state index in [4.69, 9.17) is 9.90 Å². The molecule has 0 aliphatic heterocycles. The van der Waals surface area contributed by atoms with E-state index in [1.54, 1.807) is 20.0 Å². The number of ketones is 2. The molecule has 0 N–H and O–H groups in total. The van der Waals surface area contributed by atoms with Crippen molar-refractivity contribution in [1.29, 1.82) is 0 Å². The first-order chi connectivity index (χ1) is 16.9. The van der Waals surface area contributed by atoms with Crippen LogP contribution >= 0.6 is 0 Å². The van der Waals surface area contributed by atoms with Crippen LogP contribution in [0.4, 0.5) is 0 Å². The summed E-state index contributed by atoms with van der Waals surface area (Å²) in [5.74, 6) is -0.810. The van der Waals surface area contributed by atoms with Gasteiger partial charge in [0.25, 0.3) is 0 Å². The van der Waals surface area contributed by atoms with Crippen LogP contribution in [0, 0.1) is 0 Å². The van der Waals surface area contributed by atoms with Gasteiger partial charge in [-0.2, -0.15) is 0 Å². The molecule has 4 aromatic rings. The number of hydrogen-bond donors (Lipinski definition) is 0. The first kappa shape index (κ1) is 34.3. The molecule has 0 saturated heterocycles. The van der Waals surface area contributed by atoms with Gasteiger partial charge in [0.15, 0.2) is 0 Å². The van der Waals surface area contributed by atoms with Crippen molar-refractivity contribution < 1.29 is 49.0 Å². The van der Waals surface area contributed by atoms with E-state index in [0.29, 0.717) is 41.8 Å². The number of carbonyl (C=O) groups is 3. The topological polar surface area (TPSA) is 74.3 Å². The summed E-state index contributed by atoms with van der Waals surface area (Å²) < 4.78 is 4.91. The van der Waals surface area contributed by atoms with Crippen molar-refractivity contribution in [3.63, 3.8) is 0 Å². The molecule has 0 saturated carbocycles. The first-order valence-corrected chi connectivity index (χ1v) is 18.1. The third kappa shape index (κ3) is 11.9. The minimum Gasteiger partial charge on any atom is 1.00 e. The monoisotopic (exact) mass is 770 g/mol. The molecule has 9 heteroatoms. The van der Waals surface area contributed by atoms with Crippen molar-refractivity contribution in [1.82, 2.24) is 0 Å². The van der Waals surface area contributed by atoms with Gasteiger partial charge in [0.1, 0.15) is 0 Å². The van der Waals surface area contributed by atoms with Crippen molar-refractivity contribution in [2.75, 3.05) is 0 Å². The summed E-state index contributed by atoms with van der Waals surface area (Å²) in [5, 5.41) is 8.89. The Bertz CT molecular complexity index is 1170. The molecular formula is C28H27NaO4Se4. The van der Waals surface area contributed by atoms with Crippen LogP contribution in [0.25, 0.3) is 11.1 Å². The van der Waals surface area contributed by atoms with Crippen LogP contribution in [0.1, 0.15) is 61.0 Å². The van der Waals surface area contributed by atoms with Crippen molar-refractivity contribution in [2.24, 2.45) is 0 Å². The number of carboxylic acid groups (broad SMARTS) is 1. The molecule has 0 atom stereocenters. The molecule has 0 radical (unpaired) electrons. The molecular weight excluding hydrogens is 739 g/mol. The third-order valence-corrected chi connectivity index (χ3v) is 12.5. The van der Waals surface area contributed by atoms with Crippen LogP contribution in [0.3, 0.4) is 0 Å². The molecule has 5 rings (SSSR count). The molecule has 0 bridgehead atoms. The SMILES string of the molecule is C.C1=C(c2ccc[se]2)CC(c2ccc[se]2)=C1.CC(=O)[O-].O=C(CCC(=O)c1ccc[se]1)c1ccc[se]1.[Na+]. The van der Waals surface area contributed by atoms with Crippen molar-refractivity contribution in [2.45, 2.75) is 33.6 Å². The fourth-order valence-electron chi connectivity index (χ4n) is 3.13. The average molecular weight is 766 g/mol. The van der Waals surface area contributed by atoms with Crippen molar-refractivity contribution in [3.8, 4) is 0 Å². The number of aliphatic carboxylic acids is 1. The maximum atomic E-state index is 11.7. The van der Waals surface area contributed by atoms with E-state index in [1.165, 1.54) is 0 Å². The second-order valence-corrected chi connectivity index (χ2v) is 15.3. The Morgan fingerprint density at radius 1 is 0.703 bits per heavy atom. The smallest absolute Gasteiger partial charge is 1.00 e. The average Bonchev–Trinajstić information content (AvgIpc) is 3.65. The molecule has 0 unspecified atom stereocenters. The molecule has 1 aliphatic carbocycles. The van der Waals surface area contributed by atoms with Gasteiger partial charge in [-0.15, -0.1) is 0 Å². The molecule has 4 nitrogen and oxygen atoms in total. The van der Waals surface area contributed by atoms with E-state index < -0.39 is 5.97 Å². The molecule has 0 amide bonds. The Kier molecular flexibility index (Phi) is 17.2. The largest absolute Gasteiger partial charge is 1.00 e. The van der Waals surface area contributed by atoms with Crippen LogP contribution in [0.2, 0.25) is 0 Å². The summed E-state index contributed by atoms with van der Waals surface area (Å²) in [6.45, 7) is 0.972. The standard InChI is InChI=1S/C13H10Se2.C12H10O2Se2.C2H4O2.CH4.Na/c1-3-12(14-7-1)10-5-6-11(9-10)13-4-2-8-15-13;13-9(11-3-1-7-15-11)5-6-10(14)12-4-2-8-16-12;1-2(3)4;;/h1-8H,9H2;1-4,7-8H,5-6H2;1H3,(H,3,4);1H4;/q;;;;+1/p-1. The van der Waals surface area contributed by atoms with E-state index in [9.17, 15) is 9.59 Å². The molecule has 0 fully saturated rings. The van der Waals surface area contributed by atoms with Crippen LogP contribution in [0.15, 0.2) is 80.4 Å². The van der Waals surface area contributed by atoms with E-state index in [0.717, 1.165) is 22.2 Å². The zero-order valence-corrected chi connectivity index (χ0v) is 28.8. The van der Waals surface area contributed by atoms with Gasteiger partial charge in [0, 0.05) is 5.97 Å². The van der Waals surface area contributed by atoms with E-state index in [1.807, 2.05) is 34.1 Å². The van der Waals surface area contributed by atoms with Crippen LogP contribution in [-0.4, -0.2) is 75.6 Å². The Morgan fingerprint density at radius 2 is 1.05 bits per heavy atom. The van der Waals surface area contributed by atoms with Gasteiger partial charge in [0.05, 0.1) is 0 Å². The fraction of sp³-hybridized carbons (Fsp3) is 0.179. The summed E-state index contributed by atoms with van der Waals surface area (Å²) in [5.41, 5.74) is 3.08. The van der Waals surface area contributed by atoms with E-state index >= 15 is 0 Å². The molecule has 4 heterocycles. The van der Waals surface area contributed by atoms with Gasteiger partial charge in [-0.1, -0.05) is 7.43 Å². The minimum absolute atomic E-state index is 0. The fourth-order valence-corrected chi connectivity index (χ4v) is 9.20. The molecule has 37 heavy (non-hydrogen) atoms. The summed E-state index contributed by atoms with van der Waals surface area (Å²) in [6.07, 6.45) is 6.50. The zero-order valence-electron chi connectivity index (χ0n) is 20.0. The van der Waals surface area contributed by atoms with E-state index in [2.05, 4.69) is 46.3 Å². The Labute approximate surface area is 264 Å². The molecule has 0 aromatic carbocycles. The van der Waals surface area contributed by atoms with E-state index in [-0.39, 0.29) is 77.6 Å². The Hall–Kier alpha value is -0.712. The number of carboxylic acids is 1. The number of carbonyl (C=O) groups excluding carboxylic acids is 3. The second-order valence-electron chi connectivity index (χ2n) is 7.31. The summed E-state index contributed by atoms with van der Waals surface area (Å²) in [6, 6.07) is 16.5. The second kappa shape index (κ2) is 18.6. The Morgan fingerprint density at radius 3 is 1.35 bits per heavy atom. The maximum Gasteiger partial charge on any atom is 1.00 e. The van der Waals surface area contributed by atoms with Gasteiger partial charge in [-0.25, -0.2) is 0 Å². The maximum absolute atomic E-state index is 11.7. The molecule has 0 spiro atoms. The first-order valence-electron chi connectivity index (χ1n) is 10.7. The van der Waals surface area contributed by atoms with Crippen molar-refractivity contribution >= 4 is 86.7 Å². The Balaban J connectivity index is 0.000000310. The molecule has 4 aromatic heterocycles. The van der Waals surface area contributed by atoms with Gasteiger partial charge < -0.3 is 9.90 Å². The third-order valence-electron chi connectivity index (χ3n) is 4.71. The van der Waals surface area contributed by atoms with Crippen molar-refractivity contribution in [3.05, 3.63) is 98.2 Å². The van der Waals surface area contributed by atoms with Crippen LogP contribution in [0.5, 0.6) is 0 Å². The van der Waals surface area contributed by atoms with Crippen LogP contribution < -0.4 is 34.7 Å². The minimum atomic E-state index is -1.08. The number of Topliss-reactive ketones (excluding diaryl/α,β-unsaturated/α-hetero) is 2. The molecule has 188 valence electrons. The van der Waals surface area contributed by atoms with Crippen LogP contribution in [-0.2, 0) is 4.79 Å². The summed E-state index contributed by atoms with van der Waals surface area (Å²) in [7, 11) is 0. The number of rotatable bonds is 7. The quantitative estimate of drug-likeness (QED) is 0.206. The summed E-state index contributed by atoms with van der Waals surface area (Å²) >= 11 is 1.56. The zero-order chi connectivity index (χ0) is 25.0. The van der Waals surface area contributed by atoms with Gasteiger partial charge >= 0.3 is 237 Å². The van der Waals surface area contributed by atoms with Gasteiger partial charge in [0.2, 0.25) is 0 Å². The number of hydrogen-bond acceptors (Lipinski definition) is 4. The van der Waals surface area contributed by atoms with Gasteiger partial charge in [-0.3, -0.25) is 0 Å². The normalized spacial score (nSPS) is 11.3. The number of allylic oxidation sites excluding steroid dienone is 4. The predicted octanol–water partition coefficient (Wildman–Crippen LogP) is 0.714. The molecule has 1 aliphatic rings. The van der Waals surface area contributed by atoms with Gasteiger partial charge in [-0.05, 0) is 6.92 Å². The summed E-state index contributed by atoms with van der Waals surface area (Å²) in [4.78, 5) is 40.9.